The van der Waals surface area contributed by atoms with Crippen LogP contribution < -0.4 is 0 Å². The Hall–Kier alpha value is -2.23. The Morgan fingerprint density at radius 3 is 2.00 bits per heavy atom. The highest BCUT2D eigenvalue weighted by Crippen LogP contribution is 2.29. The maximum atomic E-state index is 12.6. The van der Waals surface area contributed by atoms with Crippen LogP contribution in [0.3, 0.4) is 0 Å². The molecule has 3 heteroatoms. The van der Waals surface area contributed by atoms with Gasteiger partial charge in [0.15, 0.2) is 0 Å². The molecule has 0 fully saturated rings. The average molecular weight is 421 g/mol. The van der Waals surface area contributed by atoms with Crippen LogP contribution in [-0.4, -0.2) is 4.21 Å². The number of fused-ring (bicyclic) bond motifs is 2. The number of halogens is 1. The van der Waals surface area contributed by atoms with Crippen LogP contribution in [0, 0.1) is 0 Å². The summed E-state index contributed by atoms with van der Waals surface area (Å²) >= 11 is 3.43. The molecule has 0 amide bonds. The molecule has 4 rings (SSSR count). The second kappa shape index (κ2) is 7.56. The van der Waals surface area contributed by atoms with Gasteiger partial charge < -0.3 is 0 Å². The standard InChI is InChI=1S/C23H17BrOS/c24-20-11-9-17(10-12-20)16-26(25)14-13-23-21-7-3-1-5-18(21)15-19-6-2-4-8-22(19)23/h1-15H,16H2. The van der Waals surface area contributed by atoms with Gasteiger partial charge in [0.25, 0.3) is 0 Å². The normalized spacial score (nSPS) is 12.8. The van der Waals surface area contributed by atoms with Gasteiger partial charge in [0.2, 0.25) is 0 Å². The molecule has 0 aromatic heterocycles. The molecule has 0 saturated heterocycles. The second-order valence-corrected chi connectivity index (χ2v) is 8.42. The van der Waals surface area contributed by atoms with Crippen molar-refractivity contribution < 1.29 is 4.21 Å². The van der Waals surface area contributed by atoms with E-state index in [0.29, 0.717) is 5.75 Å². The molecule has 1 atom stereocenters. The molecule has 0 aliphatic carbocycles. The topological polar surface area (TPSA) is 17.1 Å². The Morgan fingerprint density at radius 1 is 0.808 bits per heavy atom. The zero-order valence-electron chi connectivity index (χ0n) is 14.1. The van der Waals surface area contributed by atoms with Crippen LogP contribution in [-0.2, 0) is 16.6 Å². The van der Waals surface area contributed by atoms with Gasteiger partial charge in [-0.25, -0.2) is 0 Å². The van der Waals surface area contributed by atoms with Crippen molar-refractivity contribution in [3.63, 3.8) is 0 Å². The van der Waals surface area contributed by atoms with Crippen LogP contribution in [0.1, 0.15) is 11.1 Å². The molecule has 0 N–H and O–H groups in total. The van der Waals surface area contributed by atoms with Gasteiger partial charge in [-0.1, -0.05) is 76.6 Å². The minimum Gasteiger partial charge on any atom is -0.255 e. The highest BCUT2D eigenvalue weighted by Gasteiger charge is 2.05. The summed E-state index contributed by atoms with van der Waals surface area (Å²) in [5.74, 6) is 0.520. The number of rotatable bonds is 4. The first-order chi connectivity index (χ1) is 12.7. The van der Waals surface area contributed by atoms with Gasteiger partial charge in [-0.05, 0) is 56.9 Å². The van der Waals surface area contributed by atoms with Crippen LogP contribution in [0.15, 0.2) is 88.7 Å². The Balaban J connectivity index is 1.71. The molecule has 0 spiro atoms. The summed E-state index contributed by atoms with van der Waals surface area (Å²) in [6.07, 6.45) is 2.01. The SMILES string of the molecule is O=S(C=Cc1c2ccccc2cc2ccccc12)Cc1ccc(Br)cc1. The molecule has 0 bridgehead atoms. The molecule has 0 aliphatic heterocycles. The molecule has 0 heterocycles. The van der Waals surface area contributed by atoms with E-state index >= 15 is 0 Å². The van der Waals surface area contributed by atoms with Crippen molar-refractivity contribution in [3.05, 3.63) is 99.9 Å². The minimum atomic E-state index is -1.06. The van der Waals surface area contributed by atoms with Gasteiger partial charge in [-0.3, -0.25) is 4.21 Å². The second-order valence-electron chi connectivity index (χ2n) is 6.19. The van der Waals surface area contributed by atoms with Crippen molar-refractivity contribution >= 4 is 54.4 Å². The summed E-state index contributed by atoms with van der Waals surface area (Å²) in [5.41, 5.74) is 2.20. The maximum absolute atomic E-state index is 12.6. The Bertz CT molecular complexity index is 1080. The van der Waals surface area contributed by atoms with Crippen LogP contribution in [0.25, 0.3) is 27.6 Å². The Morgan fingerprint density at radius 2 is 1.38 bits per heavy atom. The zero-order valence-corrected chi connectivity index (χ0v) is 16.5. The molecule has 4 aromatic carbocycles. The molecule has 26 heavy (non-hydrogen) atoms. The predicted octanol–water partition coefficient (Wildman–Crippen LogP) is 6.68. The van der Waals surface area contributed by atoms with Gasteiger partial charge >= 0.3 is 0 Å². The van der Waals surface area contributed by atoms with E-state index in [0.717, 1.165) is 15.6 Å². The first-order valence-corrected chi connectivity index (χ1v) is 10.6. The van der Waals surface area contributed by atoms with Gasteiger partial charge in [0.1, 0.15) is 0 Å². The Labute approximate surface area is 163 Å². The average Bonchev–Trinajstić information content (AvgIpc) is 2.67. The molecular weight excluding hydrogens is 404 g/mol. The molecule has 128 valence electrons. The largest absolute Gasteiger partial charge is 0.255 e. The van der Waals surface area contributed by atoms with Gasteiger partial charge in [-0.2, -0.15) is 0 Å². The lowest BCUT2D eigenvalue weighted by Gasteiger charge is -2.08. The first kappa shape index (κ1) is 17.2. The minimum absolute atomic E-state index is 0.520. The van der Waals surface area contributed by atoms with E-state index in [4.69, 9.17) is 0 Å². The van der Waals surface area contributed by atoms with Crippen molar-refractivity contribution in [1.29, 1.82) is 0 Å². The summed E-state index contributed by atoms with van der Waals surface area (Å²) < 4.78 is 13.6. The lowest BCUT2D eigenvalue weighted by Crippen LogP contribution is -1.91. The fourth-order valence-electron chi connectivity index (χ4n) is 3.17. The van der Waals surface area contributed by atoms with E-state index in [1.54, 1.807) is 0 Å². The van der Waals surface area contributed by atoms with E-state index in [9.17, 15) is 4.21 Å². The highest BCUT2D eigenvalue weighted by atomic mass is 79.9. The zero-order chi connectivity index (χ0) is 17.9. The van der Waals surface area contributed by atoms with Gasteiger partial charge in [0, 0.05) is 9.88 Å². The smallest absolute Gasteiger partial charge is 0.0526 e. The van der Waals surface area contributed by atoms with Crippen molar-refractivity contribution in [2.24, 2.45) is 0 Å². The molecule has 1 unspecified atom stereocenters. The van der Waals surface area contributed by atoms with Crippen LogP contribution in [0.5, 0.6) is 0 Å². The quantitative estimate of drug-likeness (QED) is 0.336. The summed E-state index contributed by atoms with van der Waals surface area (Å²) in [5, 5.41) is 6.58. The number of hydrogen-bond donors (Lipinski definition) is 0. The fourth-order valence-corrected chi connectivity index (χ4v) is 4.33. The fraction of sp³-hybridized carbons (Fsp3) is 0.0435. The summed E-state index contributed by atoms with van der Waals surface area (Å²) in [7, 11) is -1.06. The predicted molar refractivity (Wildman–Crippen MR) is 116 cm³/mol. The highest BCUT2D eigenvalue weighted by molar-refractivity contribution is 9.10. The molecular formula is C23H17BrOS. The Kier molecular flexibility index (Phi) is 5.00. The van der Waals surface area contributed by atoms with Crippen molar-refractivity contribution in [3.8, 4) is 0 Å². The summed E-state index contributed by atoms with van der Waals surface area (Å²) in [4.78, 5) is 0. The van der Waals surface area contributed by atoms with Crippen LogP contribution in [0.4, 0.5) is 0 Å². The molecule has 0 radical (unpaired) electrons. The van der Waals surface area contributed by atoms with Crippen LogP contribution in [0.2, 0.25) is 0 Å². The van der Waals surface area contributed by atoms with Crippen molar-refractivity contribution in [1.82, 2.24) is 0 Å². The molecule has 0 saturated carbocycles. The molecule has 1 nitrogen and oxygen atoms in total. The van der Waals surface area contributed by atoms with E-state index in [1.807, 2.05) is 47.9 Å². The van der Waals surface area contributed by atoms with E-state index in [1.165, 1.54) is 21.5 Å². The van der Waals surface area contributed by atoms with E-state index < -0.39 is 10.8 Å². The van der Waals surface area contributed by atoms with Crippen molar-refractivity contribution in [2.45, 2.75) is 5.75 Å². The van der Waals surface area contributed by atoms with Gasteiger partial charge in [-0.15, -0.1) is 0 Å². The first-order valence-electron chi connectivity index (χ1n) is 8.41. The van der Waals surface area contributed by atoms with Crippen LogP contribution >= 0.6 is 15.9 Å². The van der Waals surface area contributed by atoms with Crippen molar-refractivity contribution in [2.75, 3.05) is 0 Å². The third kappa shape index (κ3) is 3.64. The number of hydrogen-bond acceptors (Lipinski definition) is 1. The third-order valence-electron chi connectivity index (χ3n) is 4.42. The lowest BCUT2D eigenvalue weighted by atomic mass is 9.97. The third-order valence-corrected chi connectivity index (χ3v) is 6.01. The van der Waals surface area contributed by atoms with Gasteiger partial charge in [0.05, 0.1) is 16.6 Å². The number of benzene rings is 4. The lowest BCUT2D eigenvalue weighted by molar-refractivity contribution is 0.688. The summed E-state index contributed by atoms with van der Waals surface area (Å²) in [6, 6.07) is 26.9. The van der Waals surface area contributed by atoms with E-state index in [2.05, 4.69) is 58.4 Å². The molecule has 4 aromatic rings. The van der Waals surface area contributed by atoms with E-state index in [-0.39, 0.29) is 0 Å². The molecule has 0 aliphatic rings. The summed E-state index contributed by atoms with van der Waals surface area (Å²) in [6.45, 7) is 0. The monoisotopic (exact) mass is 420 g/mol. The maximum Gasteiger partial charge on any atom is 0.0526 e.